The quantitative estimate of drug-likeness (QED) is 0.319. The number of hydrogen-bond acceptors (Lipinski definition) is 5. The van der Waals surface area contributed by atoms with E-state index in [0.29, 0.717) is 6.54 Å². The van der Waals surface area contributed by atoms with E-state index in [4.69, 9.17) is 15.3 Å². The summed E-state index contributed by atoms with van der Waals surface area (Å²) < 4.78 is 0. The molecule has 0 saturated heterocycles. The highest BCUT2D eigenvalue weighted by atomic mass is 16.3. The summed E-state index contributed by atoms with van der Waals surface area (Å²) in [5.74, 6) is 0. The molecule has 0 unspecified atom stereocenters. The summed E-state index contributed by atoms with van der Waals surface area (Å²) in [6, 6.07) is -0.513. The van der Waals surface area contributed by atoms with Gasteiger partial charge >= 0.3 is 6.03 Å². The van der Waals surface area contributed by atoms with Gasteiger partial charge in [-0.1, -0.05) is 0 Å². The van der Waals surface area contributed by atoms with Gasteiger partial charge in [-0.3, -0.25) is 0 Å². The number of carbonyl (C=O) groups is 1. The molecule has 0 spiro atoms. The summed E-state index contributed by atoms with van der Waals surface area (Å²) in [7, 11) is 3.88. The average Bonchev–Trinajstić information content (AvgIpc) is 2.32. The fraction of sp³-hybridized carbons (Fsp3) is 0.900. The Morgan fingerprint density at radius 2 is 1.71 bits per heavy atom. The van der Waals surface area contributed by atoms with Crippen molar-refractivity contribution >= 4 is 6.03 Å². The maximum atomic E-state index is 11.4. The molecular weight excluding hydrogens is 226 g/mol. The lowest BCUT2D eigenvalue weighted by Crippen LogP contribution is -2.59. The summed E-state index contributed by atoms with van der Waals surface area (Å²) in [5.41, 5.74) is -1.37. The van der Waals surface area contributed by atoms with Gasteiger partial charge in [0.1, 0.15) is 5.54 Å². The van der Waals surface area contributed by atoms with Crippen LogP contribution in [-0.4, -0.2) is 78.8 Å². The van der Waals surface area contributed by atoms with Crippen molar-refractivity contribution < 1.29 is 20.1 Å². The van der Waals surface area contributed by atoms with Gasteiger partial charge in [-0.05, 0) is 27.1 Å². The molecular formula is C10H23N3O4. The van der Waals surface area contributed by atoms with E-state index in [-0.39, 0.29) is 0 Å². The molecule has 0 aliphatic heterocycles. The van der Waals surface area contributed by atoms with Crippen molar-refractivity contribution in [1.82, 2.24) is 15.5 Å². The first kappa shape index (κ1) is 16.1. The topological polar surface area (TPSA) is 105 Å². The first-order valence-corrected chi connectivity index (χ1v) is 5.53. The van der Waals surface area contributed by atoms with E-state index < -0.39 is 31.4 Å². The maximum Gasteiger partial charge on any atom is 0.315 e. The Morgan fingerprint density at radius 1 is 1.18 bits per heavy atom. The molecule has 7 heteroatoms. The molecule has 0 aliphatic rings. The number of nitrogens with zero attached hydrogens (tertiary/aromatic N) is 1. The van der Waals surface area contributed by atoms with Crippen LogP contribution in [0.25, 0.3) is 0 Å². The molecule has 0 aromatic rings. The molecule has 0 aromatic carbocycles. The second-order valence-electron chi connectivity index (χ2n) is 4.29. The molecule has 0 aromatic heterocycles. The van der Waals surface area contributed by atoms with Crippen LogP contribution in [0.2, 0.25) is 0 Å². The zero-order chi connectivity index (χ0) is 13.3. The Labute approximate surface area is 101 Å². The fourth-order valence-corrected chi connectivity index (χ4v) is 1.15. The third-order valence-corrected chi connectivity index (χ3v) is 2.35. The Hall–Kier alpha value is -0.890. The SMILES string of the molecule is CN(C)CCCNC(=O)NC(CO)(CO)CO. The minimum Gasteiger partial charge on any atom is -0.394 e. The number of aliphatic hydroxyl groups excluding tert-OH is 3. The standard InChI is InChI=1S/C10H23N3O4/c1-13(2)5-3-4-11-9(17)12-10(6-14,7-15)8-16/h14-16H,3-8H2,1-2H3,(H2,11,12,17). The van der Waals surface area contributed by atoms with E-state index in [9.17, 15) is 4.79 Å². The molecule has 0 aliphatic carbocycles. The molecule has 17 heavy (non-hydrogen) atoms. The van der Waals surface area contributed by atoms with E-state index in [2.05, 4.69) is 10.6 Å². The molecule has 0 radical (unpaired) electrons. The van der Waals surface area contributed by atoms with Gasteiger partial charge in [0.05, 0.1) is 19.8 Å². The zero-order valence-corrected chi connectivity index (χ0v) is 10.4. The van der Waals surface area contributed by atoms with E-state index in [1.165, 1.54) is 0 Å². The molecule has 2 amide bonds. The highest BCUT2D eigenvalue weighted by Crippen LogP contribution is 2.00. The molecule has 0 bridgehead atoms. The van der Waals surface area contributed by atoms with Gasteiger partial charge in [0.15, 0.2) is 0 Å². The Morgan fingerprint density at radius 3 is 2.12 bits per heavy atom. The molecule has 0 atom stereocenters. The van der Waals surface area contributed by atoms with Crippen LogP contribution in [-0.2, 0) is 0 Å². The minimum absolute atomic E-state index is 0.488. The third-order valence-electron chi connectivity index (χ3n) is 2.35. The van der Waals surface area contributed by atoms with Gasteiger partial charge in [0.25, 0.3) is 0 Å². The molecule has 0 heterocycles. The smallest absolute Gasteiger partial charge is 0.315 e. The van der Waals surface area contributed by atoms with Gasteiger partial charge in [-0.2, -0.15) is 0 Å². The average molecular weight is 249 g/mol. The monoisotopic (exact) mass is 249 g/mol. The van der Waals surface area contributed by atoms with Crippen LogP contribution in [0.15, 0.2) is 0 Å². The van der Waals surface area contributed by atoms with Crippen molar-refractivity contribution in [2.24, 2.45) is 0 Å². The number of aliphatic hydroxyl groups is 3. The van der Waals surface area contributed by atoms with Crippen LogP contribution < -0.4 is 10.6 Å². The second-order valence-corrected chi connectivity index (χ2v) is 4.29. The largest absolute Gasteiger partial charge is 0.394 e. The predicted octanol–water partition coefficient (Wildman–Crippen LogP) is -2.05. The summed E-state index contributed by atoms with van der Waals surface area (Å²) in [6.45, 7) is -0.227. The number of urea groups is 1. The van der Waals surface area contributed by atoms with Crippen LogP contribution in [0, 0.1) is 0 Å². The van der Waals surface area contributed by atoms with Crippen LogP contribution in [0.3, 0.4) is 0 Å². The van der Waals surface area contributed by atoms with Gasteiger partial charge in [-0.15, -0.1) is 0 Å². The Kier molecular flexibility index (Phi) is 7.81. The van der Waals surface area contributed by atoms with Crippen LogP contribution in [0.5, 0.6) is 0 Å². The van der Waals surface area contributed by atoms with E-state index >= 15 is 0 Å². The number of carbonyl (C=O) groups excluding carboxylic acids is 1. The lowest BCUT2D eigenvalue weighted by atomic mass is 10.0. The van der Waals surface area contributed by atoms with Gasteiger partial charge in [-0.25, -0.2) is 4.79 Å². The molecule has 5 N–H and O–H groups in total. The molecule has 0 rings (SSSR count). The Bertz CT molecular complexity index is 211. The van der Waals surface area contributed by atoms with E-state index in [1.807, 2.05) is 19.0 Å². The summed E-state index contributed by atoms with van der Waals surface area (Å²) in [4.78, 5) is 13.4. The normalized spacial score (nSPS) is 11.6. The van der Waals surface area contributed by atoms with Crippen LogP contribution in [0.4, 0.5) is 4.79 Å². The number of amides is 2. The lowest BCUT2D eigenvalue weighted by molar-refractivity contribution is 0.0493. The van der Waals surface area contributed by atoms with E-state index in [1.54, 1.807) is 0 Å². The van der Waals surface area contributed by atoms with Crippen molar-refractivity contribution in [3.63, 3.8) is 0 Å². The van der Waals surface area contributed by atoms with E-state index in [0.717, 1.165) is 13.0 Å². The predicted molar refractivity (Wildman–Crippen MR) is 63.7 cm³/mol. The lowest BCUT2D eigenvalue weighted by Gasteiger charge is -2.28. The highest BCUT2D eigenvalue weighted by Gasteiger charge is 2.29. The second kappa shape index (κ2) is 8.24. The Balaban J connectivity index is 3.91. The van der Waals surface area contributed by atoms with Crippen molar-refractivity contribution in [3.05, 3.63) is 0 Å². The molecule has 102 valence electrons. The van der Waals surface area contributed by atoms with Crippen molar-refractivity contribution in [3.8, 4) is 0 Å². The zero-order valence-electron chi connectivity index (χ0n) is 10.4. The third kappa shape index (κ3) is 6.42. The first-order valence-electron chi connectivity index (χ1n) is 5.53. The number of nitrogens with one attached hydrogen (secondary N) is 2. The number of rotatable bonds is 8. The number of hydrogen-bond donors (Lipinski definition) is 5. The fourth-order valence-electron chi connectivity index (χ4n) is 1.15. The van der Waals surface area contributed by atoms with Gasteiger partial charge in [0, 0.05) is 6.54 Å². The molecule has 0 saturated carbocycles. The molecule has 0 fully saturated rings. The summed E-state index contributed by atoms with van der Waals surface area (Å²) in [6.07, 6.45) is 0.796. The minimum atomic E-state index is -1.37. The maximum absolute atomic E-state index is 11.4. The first-order chi connectivity index (χ1) is 7.99. The summed E-state index contributed by atoms with van der Waals surface area (Å²) >= 11 is 0. The van der Waals surface area contributed by atoms with Gasteiger partial charge < -0.3 is 30.9 Å². The van der Waals surface area contributed by atoms with Crippen molar-refractivity contribution in [2.75, 3.05) is 47.0 Å². The van der Waals surface area contributed by atoms with Gasteiger partial charge in [0.2, 0.25) is 0 Å². The highest BCUT2D eigenvalue weighted by molar-refractivity contribution is 5.74. The van der Waals surface area contributed by atoms with Crippen molar-refractivity contribution in [1.29, 1.82) is 0 Å². The van der Waals surface area contributed by atoms with Crippen LogP contribution in [0.1, 0.15) is 6.42 Å². The summed E-state index contributed by atoms with van der Waals surface area (Å²) in [5, 5.41) is 31.9. The van der Waals surface area contributed by atoms with Crippen molar-refractivity contribution in [2.45, 2.75) is 12.0 Å². The molecule has 7 nitrogen and oxygen atoms in total. The van der Waals surface area contributed by atoms with Crippen LogP contribution >= 0.6 is 0 Å².